The molecule has 1 aromatic carbocycles. The summed E-state index contributed by atoms with van der Waals surface area (Å²) in [7, 11) is 1.46. The molecule has 0 aliphatic carbocycles. The maximum absolute atomic E-state index is 13.8. The van der Waals surface area contributed by atoms with E-state index in [0.717, 1.165) is 30.6 Å². The van der Waals surface area contributed by atoms with Gasteiger partial charge in [0.15, 0.2) is 11.6 Å². The molecule has 1 saturated heterocycles. The molecule has 2 heterocycles. The number of aryl methyl sites for hydroxylation is 1. The molecule has 0 radical (unpaired) electrons. The van der Waals surface area contributed by atoms with Crippen LogP contribution in [-0.2, 0) is 17.8 Å². The van der Waals surface area contributed by atoms with E-state index in [9.17, 15) is 9.18 Å². The Balaban J connectivity index is 1.45. The Hall–Kier alpha value is -2.47. The quantitative estimate of drug-likeness (QED) is 0.797. The molecule has 3 rings (SSSR count). The van der Waals surface area contributed by atoms with Crippen molar-refractivity contribution < 1.29 is 13.9 Å². The van der Waals surface area contributed by atoms with Gasteiger partial charge in [0.25, 0.3) is 0 Å². The third-order valence-corrected chi connectivity index (χ3v) is 4.70. The summed E-state index contributed by atoms with van der Waals surface area (Å²) in [4.78, 5) is 20.6. The standard InChI is InChI=1S/C20H24FN3O2/c1-26-19-6-4-17(13-18(19)21)15-23-9-11-24(12-10-23)20(25)7-5-16-3-2-8-22-14-16/h2-4,6,8,13-14H,5,7,9-12,15H2,1H3. The lowest BCUT2D eigenvalue weighted by Crippen LogP contribution is -2.48. The summed E-state index contributed by atoms with van der Waals surface area (Å²) in [5.74, 6) is 0.107. The Kier molecular flexibility index (Phi) is 6.17. The predicted octanol–water partition coefficient (Wildman–Crippen LogP) is 2.51. The minimum absolute atomic E-state index is 0.184. The normalized spacial score (nSPS) is 15.1. The highest BCUT2D eigenvalue weighted by atomic mass is 19.1. The summed E-state index contributed by atoms with van der Waals surface area (Å²) in [6.07, 6.45) is 4.77. The topological polar surface area (TPSA) is 45.7 Å². The van der Waals surface area contributed by atoms with Crippen molar-refractivity contribution in [2.24, 2.45) is 0 Å². The second kappa shape index (κ2) is 8.76. The number of carbonyl (C=O) groups is 1. The lowest BCUT2D eigenvalue weighted by molar-refractivity contribution is -0.133. The Labute approximate surface area is 153 Å². The molecular weight excluding hydrogens is 333 g/mol. The number of rotatable bonds is 6. The SMILES string of the molecule is COc1ccc(CN2CCN(C(=O)CCc3cccnc3)CC2)cc1F. The average Bonchev–Trinajstić information content (AvgIpc) is 2.68. The van der Waals surface area contributed by atoms with Crippen LogP contribution in [0.15, 0.2) is 42.7 Å². The molecule has 0 N–H and O–H groups in total. The number of carbonyl (C=O) groups excluding carboxylic acids is 1. The zero-order chi connectivity index (χ0) is 18.4. The third-order valence-electron chi connectivity index (χ3n) is 4.70. The highest BCUT2D eigenvalue weighted by Crippen LogP contribution is 2.19. The second-order valence-electron chi connectivity index (χ2n) is 6.49. The number of nitrogens with zero attached hydrogens (tertiary/aromatic N) is 3. The van der Waals surface area contributed by atoms with E-state index in [4.69, 9.17) is 4.74 Å². The zero-order valence-corrected chi connectivity index (χ0v) is 15.0. The number of piperazine rings is 1. The smallest absolute Gasteiger partial charge is 0.222 e. The van der Waals surface area contributed by atoms with Crippen molar-refractivity contribution in [3.63, 3.8) is 0 Å². The molecule has 1 aromatic heterocycles. The Morgan fingerprint density at radius 2 is 2.00 bits per heavy atom. The highest BCUT2D eigenvalue weighted by molar-refractivity contribution is 5.76. The molecular formula is C20H24FN3O2. The summed E-state index contributed by atoms with van der Waals surface area (Å²) < 4.78 is 18.7. The van der Waals surface area contributed by atoms with E-state index in [0.29, 0.717) is 26.1 Å². The van der Waals surface area contributed by atoms with Gasteiger partial charge in [0, 0.05) is 51.5 Å². The van der Waals surface area contributed by atoms with Crippen molar-refractivity contribution in [1.29, 1.82) is 0 Å². The van der Waals surface area contributed by atoms with E-state index in [1.54, 1.807) is 18.5 Å². The molecule has 0 spiro atoms. The fourth-order valence-corrected chi connectivity index (χ4v) is 3.18. The van der Waals surface area contributed by atoms with E-state index >= 15 is 0 Å². The molecule has 1 amide bonds. The summed E-state index contributed by atoms with van der Waals surface area (Å²) in [6.45, 7) is 3.70. The van der Waals surface area contributed by atoms with Crippen LogP contribution >= 0.6 is 0 Å². The first-order valence-electron chi connectivity index (χ1n) is 8.87. The zero-order valence-electron chi connectivity index (χ0n) is 15.0. The summed E-state index contributed by atoms with van der Waals surface area (Å²) in [5.41, 5.74) is 2.00. The molecule has 0 unspecified atom stereocenters. The lowest BCUT2D eigenvalue weighted by atomic mass is 10.1. The van der Waals surface area contributed by atoms with Crippen LogP contribution in [0.1, 0.15) is 17.5 Å². The first kappa shape index (κ1) is 18.3. The first-order valence-corrected chi connectivity index (χ1v) is 8.87. The van der Waals surface area contributed by atoms with Crippen LogP contribution in [0.3, 0.4) is 0 Å². The van der Waals surface area contributed by atoms with E-state index in [-0.39, 0.29) is 17.5 Å². The molecule has 2 aromatic rings. The number of hydrogen-bond donors (Lipinski definition) is 0. The number of ether oxygens (including phenoxy) is 1. The van der Waals surface area contributed by atoms with Gasteiger partial charge < -0.3 is 9.64 Å². The van der Waals surface area contributed by atoms with Gasteiger partial charge in [-0.05, 0) is 35.7 Å². The molecule has 5 nitrogen and oxygen atoms in total. The molecule has 1 aliphatic heterocycles. The van der Waals surface area contributed by atoms with E-state index in [1.165, 1.54) is 13.2 Å². The Morgan fingerprint density at radius 1 is 1.19 bits per heavy atom. The van der Waals surface area contributed by atoms with Crippen LogP contribution in [0.4, 0.5) is 4.39 Å². The maximum Gasteiger partial charge on any atom is 0.222 e. The van der Waals surface area contributed by atoms with Gasteiger partial charge in [0.2, 0.25) is 5.91 Å². The Morgan fingerprint density at radius 3 is 2.65 bits per heavy atom. The maximum atomic E-state index is 13.8. The van der Waals surface area contributed by atoms with Gasteiger partial charge in [-0.25, -0.2) is 4.39 Å². The molecule has 1 fully saturated rings. The average molecular weight is 357 g/mol. The predicted molar refractivity (Wildman–Crippen MR) is 97.4 cm³/mol. The molecule has 138 valence electrons. The number of amides is 1. The minimum Gasteiger partial charge on any atom is -0.494 e. The molecule has 0 saturated carbocycles. The van der Waals surface area contributed by atoms with Crippen LogP contribution in [0.2, 0.25) is 0 Å². The Bertz CT molecular complexity index is 731. The number of halogens is 1. The van der Waals surface area contributed by atoms with E-state index in [2.05, 4.69) is 9.88 Å². The lowest BCUT2D eigenvalue weighted by Gasteiger charge is -2.35. The van der Waals surface area contributed by atoms with Crippen molar-refractivity contribution in [2.75, 3.05) is 33.3 Å². The van der Waals surface area contributed by atoms with Gasteiger partial charge in [-0.3, -0.25) is 14.7 Å². The van der Waals surface area contributed by atoms with Crippen LogP contribution in [0.5, 0.6) is 5.75 Å². The molecule has 1 aliphatic rings. The van der Waals surface area contributed by atoms with Crippen LogP contribution in [0.25, 0.3) is 0 Å². The van der Waals surface area contributed by atoms with Gasteiger partial charge in [0.05, 0.1) is 7.11 Å². The van der Waals surface area contributed by atoms with E-state index < -0.39 is 0 Å². The molecule has 0 atom stereocenters. The van der Waals surface area contributed by atoms with Crippen molar-refractivity contribution in [1.82, 2.24) is 14.8 Å². The van der Waals surface area contributed by atoms with Crippen LogP contribution in [-0.4, -0.2) is 54.0 Å². The monoisotopic (exact) mass is 357 g/mol. The van der Waals surface area contributed by atoms with Gasteiger partial charge in [-0.1, -0.05) is 12.1 Å². The van der Waals surface area contributed by atoms with Gasteiger partial charge >= 0.3 is 0 Å². The van der Waals surface area contributed by atoms with Crippen molar-refractivity contribution in [3.05, 3.63) is 59.7 Å². The fraction of sp³-hybridized carbons (Fsp3) is 0.400. The van der Waals surface area contributed by atoms with Crippen LogP contribution < -0.4 is 4.74 Å². The summed E-state index contributed by atoms with van der Waals surface area (Å²) in [6, 6.07) is 8.94. The van der Waals surface area contributed by atoms with Gasteiger partial charge in [-0.15, -0.1) is 0 Å². The third kappa shape index (κ3) is 4.79. The number of benzene rings is 1. The molecule has 26 heavy (non-hydrogen) atoms. The highest BCUT2D eigenvalue weighted by Gasteiger charge is 2.21. The van der Waals surface area contributed by atoms with Crippen molar-refractivity contribution >= 4 is 5.91 Å². The second-order valence-corrected chi connectivity index (χ2v) is 6.49. The van der Waals surface area contributed by atoms with Crippen molar-refractivity contribution in [2.45, 2.75) is 19.4 Å². The summed E-state index contributed by atoms with van der Waals surface area (Å²) in [5, 5.41) is 0. The largest absolute Gasteiger partial charge is 0.494 e. The number of pyridine rings is 1. The van der Waals surface area contributed by atoms with E-state index in [1.807, 2.05) is 23.1 Å². The number of aromatic nitrogens is 1. The number of hydrogen-bond acceptors (Lipinski definition) is 4. The van der Waals surface area contributed by atoms with Crippen molar-refractivity contribution in [3.8, 4) is 5.75 Å². The van der Waals surface area contributed by atoms with Crippen LogP contribution in [0, 0.1) is 5.82 Å². The first-order chi connectivity index (χ1) is 12.7. The molecule has 0 bridgehead atoms. The minimum atomic E-state index is -0.339. The molecule has 6 heteroatoms. The summed E-state index contributed by atoms with van der Waals surface area (Å²) >= 11 is 0. The fourth-order valence-electron chi connectivity index (χ4n) is 3.18. The number of methoxy groups -OCH3 is 1. The van der Waals surface area contributed by atoms with Gasteiger partial charge in [0.1, 0.15) is 0 Å². The van der Waals surface area contributed by atoms with Gasteiger partial charge in [-0.2, -0.15) is 0 Å².